The molecule has 0 atom stereocenters. The van der Waals surface area contributed by atoms with Gasteiger partial charge in [0.2, 0.25) is 0 Å². The molecule has 1 fully saturated rings. The lowest BCUT2D eigenvalue weighted by molar-refractivity contribution is 0.301. The highest BCUT2D eigenvalue weighted by atomic mass is 35.5. The van der Waals surface area contributed by atoms with Gasteiger partial charge in [0.05, 0.1) is 28.9 Å². The van der Waals surface area contributed by atoms with E-state index in [4.69, 9.17) is 22.0 Å². The first kappa shape index (κ1) is 11.3. The molecule has 3 nitrogen and oxygen atoms in total. The van der Waals surface area contributed by atoms with E-state index in [1.54, 1.807) is 12.1 Å². The molecular formula is C12H13ClN2O. The van der Waals surface area contributed by atoms with Crippen LogP contribution in [0.4, 0.5) is 5.69 Å². The largest absolute Gasteiger partial charge is 0.395 e. The predicted molar refractivity (Wildman–Crippen MR) is 63.6 cm³/mol. The molecule has 16 heavy (non-hydrogen) atoms. The fraction of sp³-hybridized carbons (Fsp3) is 0.417. The number of hydrogen-bond donors (Lipinski definition) is 1. The smallest absolute Gasteiger partial charge is 0.0992 e. The molecule has 0 saturated heterocycles. The molecule has 0 bridgehead atoms. The van der Waals surface area contributed by atoms with E-state index in [2.05, 4.69) is 11.0 Å². The molecule has 1 aromatic rings. The molecule has 2 rings (SSSR count). The van der Waals surface area contributed by atoms with E-state index in [0.29, 0.717) is 23.2 Å². The number of anilines is 1. The molecule has 0 amide bonds. The van der Waals surface area contributed by atoms with Gasteiger partial charge < -0.3 is 10.0 Å². The number of aliphatic hydroxyl groups is 1. The van der Waals surface area contributed by atoms with Crippen molar-refractivity contribution in [2.75, 3.05) is 18.1 Å². The Hall–Kier alpha value is -1.24. The summed E-state index contributed by atoms with van der Waals surface area (Å²) in [6.07, 6.45) is 2.30. The van der Waals surface area contributed by atoms with Gasteiger partial charge in [-0.15, -0.1) is 0 Å². The zero-order valence-electron chi connectivity index (χ0n) is 8.86. The van der Waals surface area contributed by atoms with Crippen LogP contribution in [0.5, 0.6) is 0 Å². The summed E-state index contributed by atoms with van der Waals surface area (Å²) in [4.78, 5) is 2.11. The lowest BCUT2D eigenvalue weighted by Gasteiger charge is -2.24. The van der Waals surface area contributed by atoms with Gasteiger partial charge in [-0.05, 0) is 31.0 Å². The number of halogens is 1. The first-order chi connectivity index (χ1) is 7.76. The standard InChI is InChI=1S/C12H13ClN2O/c13-11-7-9(8-14)1-4-12(11)15(5-6-16)10-2-3-10/h1,4,7,10,16H,2-3,5-6H2. The summed E-state index contributed by atoms with van der Waals surface area (Å²) in [5.74, 6) is 0. The molecule has 0 spiro atoms. The summed E-state index contributed by atoms with van der Waals surface area (Å²) in [5, 5.41) is 18.4. The molecule has 1 aliphatic rings. The number of hydrogen-bond acceptors (Lipinski definition) is 3. The average molecular weight is 237 g/mol. The predicted octanol–water partition coefficient (Wildman–Crippen LogP) is 2.17. The second kappa shape index (κ2) is 4.73. The molecule has 1 aliphatic carbocycles. The molecule has 0 aliphatic heterocycles. The molecule has 0 unspecified atom stereocenters. The summed E-state index contributed by atoms with van der Waals surface area (Å²) < 4.78 is 0. The highest BCUT2D eigenvalue weighted by molar-refractivity contribution is 6.33. The second-order valence-electron chi connectivity index (χ2n) is 3.93. The van der Waals surface area contributed by atoms with Gasteiger partial charge in [-0.2, -0.15) is 5.26 Å². The van der Waals surface area contributed by atoms with Gasteiger partial charge in [0, 0.05) is 12.6 Å². The molecule has 0 aromatic heterocycles. The Morgan fingerprint density at radius 3 is 2.75 bits per heavy atom. The average Bonchev–Trinajstić information content (AvgIpc) is 3.10. The van der Waals surface area contributed by atoms with Gasteiger partial charge in [0.1, 0.15) is 0 Å². The summed E-state index contributed by atoms with van der Waals surface area (Å²) in [5.41, 5.74) is 1.48. The van der Waals surface area contributed by atoms with Crippen molar-refractivity contribution < 1.29 is 5.11 Å². The van der Waals surface area contributed by atoms with E-state index in [1.165, 1.54) is 0 Å². The SMILES string of the molecule is N#Cc1ccc(N(CCO)C2CC2)c(Cl)c1. The van der Waals surface area contributed by atoms with Crippen LogP contribution in [0.2, 0.25) is 5.02 Å². The van der Waals surface area contributed by atoms with Gasteiger partial charge in [0.15, 0.2) is 0 Å². The Morgan fingerprint density at radius 2 is 2.25 bits per heavy atom. The monoisotopic (exact) mass is 236 g/mol. The number of nitriles is 1. The molecule has 1 N–H and O–H groups in total. The van der Waals surface area contributed by atoms with E-state index in [1.807, 2.05) is 6.07 Å². The van der Waals surface area contributed by atoms with E-state index in [-0.39, 0.29) is 6.61 Å². The molecule has 4 heteroatoms. The van der Waals surface area contributed by atoms with E-state index >= 15 is 0 Å². The maximum Gasteiger partial charge on any atom is 0.0992 e. The summed E-state index contributed by atoms with van der Waals surface area (Å²) >= 11 is 6.14. The van der Waals surface area contributed by atoms with Gasteiger partial charge in [-0.1, -0.05) is 11.6 Å². The fourth-order valence-electron chi connectivity index (χ4n) is 1.80. The van der Waals surface area contributed by atoms with Crippen molar-refractivity contribution in [3.63, 3.8) is 0 Å². The molecule has 1 aromatic carbocycles. The topological polar surface area (TPSA) is 47.3 Å². The summed E-state index contributed by atoms with van der Waals surface area (Å²) in [6, 6.07) is 7.84. The van der Waals surface area contributed by atoms with Crippen LogP contribution in [0.3, 0.4) is 0 Å². The van der Waals surface area contributed by atoms with Gasteiger partial charge >= 0.3 is 0 Å². The maximum atomic E-state index is 9.03. The Kier molecular flexibility index (Phi) is 3.33. The van der Waals surface area contributed by atoms with Crippen molar-refractivity contribution in [1.29, 1.82) is 5.26 Å². The normalized spacial score (nSPS) is 14.6. The van der Waals surface area contributed by atoms with Crippen molar-refractivity contribution in [3.8, 4) is 6.07 Å². The molecule has 84 valence electrons. The fourth-order valence-corrected chi connectivity index (χ4v) is 2.09. The Labute approximate surface area is 99.9 Å². The van der Waals surface area contributed by atoms with Crippen molar-refractivity contribution in [1.82, 2.24) is 0 Å². The minimum atomic E-state index is 0.118. The van der Waals surface area contributed by atoms with Crippen LogP contribution < -0.4 is 4.90 Å². The van der Waals surface area contributed by atoms with Gasteiger partial charge in [0.25, 0.3) is 0 Å². The van der Waals surface area contributed by atoms with E-state index in [9.17, 15) is 0 Å². The third kappa shape index (κ3) is 2.29. The number of aliphatic hydroxyl groups excluding tert-OH is 1. The van der Waals surface area contributed by atoms with Crippen LogP contribution in [0, 0.1) is 11.3 Å². The van der Waals surface area contributed by atoms with Gasteiger partial charge in [-0.25, -0.2) is 0 Å². The third-order valence-electron chi connectivity index (χ3n) is 2.71. The molecule has 1 saturated carbocycles. The number of nitrogens with zero attached hydrogens (tertiary/aromatic N) is 2. The second-order valence-corrected chi connectivity index (χ2v) is 4.33. The molecule has 0 radical (unpaired) electrons. The van der Waals surface area contributed by atoms with Crippen molar-refractivity contribution in [2.24, 2.45) is 0 Å². The summed E-state index contributed by atoms with van der Waals surface area (Å²) in [6.45, 7) is 0.711. The Morgan fingerprint density at radius 1 is 1.50 bits per heavy atom. The van der Waals surface area contributed by atoms with Crippen LogP contribution in [0.1, 0.15) is 18.4 Å². The maximum absolute atomic E-state index is 9.03. The van der Waals surface area contributed by atoms with Crippen LogP contribution in [0.25, 0.3) is 0 Å². The highest BCUT2D eigenvalue weighted by Crippen LogP contribution is 2.35. The first-order valence-corrected chi connectivity index (χ1v) is 5.71. The van der Waals surface area contributed by atoms with Crippen molar-refractivity contribution in [2.45, 2.75) is 18.9 Å². The molecular weight excluding hydrogens is 224 g/mol. The zero-order chi connectivity index (χ0) is 11.5. The zero-order valence-corrected chi connectivity index (χ0v) is 9.61. The number of benzene rings is 1. The van der Waals surface area contributed by atoms with E-state index < -0.39 is 0 Å². The lowest BCUT2D eigenvalue weighted by Crippen LogP contribution is -2.29. The Balaban J connectivity index is 2.27. The van der Waals surface area contributed by atoms with Crippen molar-refractivity contribution in [3.05, 3.63) is 28.8 Å². The molecule has 0 heterocycles. The third-order valence-corrected chi connectivity index (χ3v) is 3.02. The Bertz CT molecular complexity index is 424. The van der Waals surface area contributed by atoms with Crippen LogP contribution >= 0.6 is 11.6 Å². The quantitative estimate of drug-likeness (QED) is 0.872. The van der Waals surface area contributed by atoms with Crippen LogP contribution in [0.15, 0.2) is 18.2 Å². The summed E-state index contributed by atoms with van der Waals surface area (Å²) in [7, 11) is 0. The highest BCUT2D eigenvalue weighted by Gasteiger charge is 2.29. The minimum Gasteiger partial charge on any atom is -0.395 e. The lowest BCUT2D eigenvalue weighted by atomic mass is 10.2. The number of rotatable bonds is 4. The minimum absolute atomic E-state index is 0.118. The van der Waals surface area contributed by atoms with E-state index in [0.717, 1.165) is 18.5 Å². The van der Waals surface area contributed by atoms with Crippen LogP contribution in [-0.2, 0) is 0 Å². The van der Waals surface area contributed by atoms with Crippen molar-refractivity contribution >= 4 is 17.3 Å². The van der Waals surface area contributed by atoms with Gasteiger partial charge in [-0.3, -0.25) is 0 Å². The first-order valence-electron chi connectivity index (χ1n) is 5.33. The van der Waals surface area contributed by atoms with Crippen LogP contribution in [-0.4, -0.2) is 24.3 Å².